The Morgan fingerprint density at radius 3 is 0.900 bits per heavy atom. The fourth-order valence-corrected chi connectivity index (χ4v) is 0. The molecule has 9 nitrogen and oxygen atoms in total. The maximum atomic E-state index is 8.74. The number of nitrogens with two attached hydrogens (primary N) is 4. The topological polar surface area (TPSA) is 210 Å². The summed E-state index contributed by atoms with van der Waals surface area (Å²) in [6, 6.07) is 0. The Morgan fingerprint density at radius 2 is 0.900 bits per heavy atom. The van der Waals surface area contributed by atoms with Crippen LogP contribution >= 0.6 is 0 Å². The molecule has 10 heavy (non-hydrogen) atoms. The summed E-state index contributed by atoms with van der Waals surface area (Å²) in [4.78, 5) is 0. The van der Waals surface area contributed by atoms with E-state index in [-0.39, 0.29) is 5.48 Å². The van der Waals surface area contributed by atoms with Gasteiger partial charge in [-0.05, 0) is 0 Å². The average molecular weight is 180 g/mol. The molecule has 0 aliphatic carbocycles. The Labute approximate surface area is 57.8 Å². The van der Waals surface area contributed by atoms with Gasteiger partial charge in [0.1, 0.15) is 0 Å². The Hall–Kier alpha value is -0.330. The molecule has 0 aromatic heterocycles. The molecule has 0 aliphatic rings. The van der Waals surface area contributed by atoms with Crippen LogP contribution < -0.4 is 23.4 Å². The van der Waals surface area contributed by atoms with Crippen LogP contribution in [0.4, 0.5) is 0 Å². The molecule has 0 saturated heterocycles. The molecule has 0 heterocycles. The Balaban J connectivity index is -0.0000000315. The van der Waals surface area contributed by atoms with Crippen molar-refractivity contribution < 1.29 is 23.0 Å². The molecule has 0 spiro atoms. The third-order valence-corrected chi connectivity index (χ3v) is 0. The van der Waals surface area contributed by atoms with Gasteiger partial charge in [0.2, 0.25) is 0 Å². The first-order chi connectivity index (χ1) is 4.00. The molecule has 0 radical (unpaired) electrons. The molecule has 0 fully saturated rings. The highest BCUT2D eigenvalue weighted by atomic mass is 32.3. The van der Waals surface area contributed by atoms with Gasteiger partial charge in [-0.25, -0.2) is 0 Å². The van der Waals surface area contributed by atoms with Crippen molar-refractivity contribution in [1.29, 1.82) is 0 Å². The van der Waals surface area contributed by atoms with E-state index < -0.39 is 10.4 Å². The van der Waals surface area contributed by atoms with E-state index in [0.29, 0.717) is 0 Å². The van der Waals surface area contributed by atoms with Gasteiger partial charge >= 0.3 is 10.4 Å². The van der Waals surface area contributed by atoms with Gasteiger partial charge in [0.25, 0.3) is 0 Å². The van der Waals surface area contributed by atoms with E-state index >= 15 is 0 Å². The highest BCUT2D eigenvalue weighted by Gasteiger charge is 1.84. The predicted molar refractivity (Wildman–Crippen MR) is 34.5 cm³/mol. The van der Waals surface area contributed by atoms with Crippen molar-refractivity contribution in [2.45, 2.75) is 0 Å². The summed E-state index contributed by atoms with van der Waals surface area (Å²) < 4.78 is 31.6. The fraction of sp³-hybridized carbons (Fsp3) is 0. The second-order valence-electron chi connectivity index (χ2n) is 0.448. The molecule has 0 aromatic rings. The minimum absolute atomic E-state index is 0. The van der Waals surface area contributed by atoms with Crippen LogP contribution in [0.5, 0.6) is 0 Å². The van der Waals surface area contributed by atoms with Gasteiger partial charge in [-0.2, -0.15) is 8.42 Å². The number of hydrogen-bond acceptors (Lipinski definition) is 6. The minimum atomic E-state index is -4.67. The lowest BCUT2D eigenvalue weighted by atomic mass is 13.0. The zero-order valence-corrected chi connectivity index (χ0v) is 5.75. The van der Waals surface area contributed by atoms with Crippen LogP contribution in [-0.4, -0.2) is 23.0 Å². The van der Waals surface area contributed by atoms with Crippen molar-refractivity contribution in [3.8, 4) is 0 Å². The van der Waals surface area contributed by atoms with Crippen LogP contribution in [-0.2, 0) is 10.4 Å². The van der Waals surface area contributed by atoms with E-state index in [1.165, 1.54) is 0 Å². The summed E-state index contributed by atoms with van der Waals surface area (Å²) in [6.45, 7) is 0. The molecule has 0 rings (SSSR count). The van der Waals surface area contributed by atoms with Gasteiger partial charge in [-0.15, -0.1) is 0 Å². The zero-order chi connectivity index (χ0) is 8.50. The monoisotopic (exact) mass is 180 g/mol. The molecule has 0 amide bonds. The van der Waals surface area contributed by atoms with Crippen molar-refractivity contribution in [3.05, 3.63) is 0 Å². The summed E-state index contributed by atoms with van der Waals surface area (Å²) in [5.41, 5.74) is 0. The molecule has 0 aliphatic heterocycles. The van der Waals surface area contributed by atoms with Crippen LogP contribution in [0.15, 0.2) is 0 Å². The molecule has 12 N–H and O–H groups in total. The summed E-state index contributed by atoms with van der Waals surface area (Å²) in [6.07, 6.45) is 0. The second kappa shape index (κ2) is 15.9. The lowest BCUT2D eigenvalue weighted by Gasteiger charge is -1.68. The van der Waals surface area contributed by atoms with Gasteiger partial charge in [0.05, 0.1) is 0 Å². The molecule has 0 aromatic carbocycles. The normalized spacial score (nSPS) is 7.00. The Bertz CT molecular complexity index is 96.8. The van der Waals surface area contributed by atoms with E-state index in [0.717, 1.165) is 0 Å². The molecule has 0 bridgehead atoms. The number of rotatable bonds is 0. The molecule has 0 atom stereocenters. The first kappa shape index (κ1) is 22.6. The first-order valence-electron chi connectivity index (χ1n) is 1.37. The Morgan fingerprint density at radius 1 is 0.900 bits per heavy atom. The van der Waals surface area contributed by atoms with Crippen molar-refractivity contribution in [2.24, 2.45) is 23.4 Å². The second-order valence-corrected chi connectivity index (χ2v) is 1.34. The largest absolute Gasteiger partial charge is 0.412 e. The van der Waals surface area contributed by atoms with Crippen LogP contribution in [0.2, 0.25) is 0 Å². The molecule has 0 saturated carbocycles. The highest BCUT2D eigenvalue weighted by molar-refractivity contribution is 7.79. The average Bonchev–Trinajstić information content (AvgIpc) is 1.72. The Kier molecular flexibility index (Phi) is 35.9. The SMILES string of the molecule is NN.NN.O.O=S(=O)(O)O. The number of hydrogen-bond donors (Lipinski definition) is 6. The number of hydrazine groups is 2. The maximum absolute atomic E-state index is 8.74. The van der Waals surface area contributed by atoms with Crippen LogP contribution in [0.3, 0.4) is 0 Å². The standard InChI is InChI=1S/2H4N2.H2O4S.H2O/c2*1-2;1-5(2,3)4;/h2*1-2H2;(H2,1,2,3,4);1H2. The summed E-state index contributed by atoms with van der Waals surface area (Å²) >= 11 is 0. The molecule has 68 valence electrons. The van der Waals surface area contributed by atoms with Crippen LogP contribution in [0.25, 0.3) is 0 Å². The minimum Gasteiger partial charge on any atom is -0.412 e. The zero-order valence-electron chi connectivity index (χ0n) is 4.93. The summed E-state index contributed by atoms with van der Waals surface area (Å²) in [7, 11) is -4.67. The third kappa shape index (κ3) is 3130. The van der Waals surface area contributed by atoms with E-state index in [4.69, 9.17) is 17.5 Å². The smallest absolute Gasteiger partial charge is 0.394 e. The van der Waals surface area contributed by atoms with E-state index in [1.54, 1.807) is 0 Å². The predicted octanol–water partition coefficient (Wildman–Crippen LogP) is -3.84. The molecule has 0 unspecified atom stereocenters. The van der Waals surface area contributed by atoms with Crippen molar-refractivity contribution in [2.75, 3.05) is 0 Å². The van der Waals surface area contributed by atoms with Gasteiger partial charge in [0.15, 0.2) is 0 Å². The van der Waals surface area contributed by atoms with E-state index in [9.17, 15) is 0 Å². The molecule has 10 heteroatoms. The van der Waals surface area contributed by atoms with Crippen LogP contribution in [0.1, 0.15) is 0 Å². The van der Waals surface area contributed by atoms with E-state index in [1.807, 2.05) is 0 Å². The van der Waals surface area contributed by atoms with Gasteiger partial charge < -0.3 is 5.48 Å². The fourth-order valence-electron chi connectivity index (χ4n) is 0. The summed E-state index contributed by atoms with van der Waals surface area (Å²) in [5, 5.41) is 0. The lowest BCUT2D eigenvalue weighted by Crippen LogP contribution is -2.02. The van der Waals surface area contributed by atoms with Gasteiger partial charge in [-0.3, -0.25) is 32.5 Å². The first-order valence-corrected chi connectivity index (χ1v) is 2.76. The van der Waals surface area contributed by atoms with Crippen molar-refractivity contribution in [3.63, 3.8) is 0 Å². The highest BCUT2D eigenvalue weighted by Crippen LogP contribution is 1.59. The van der Waals surface area contributed by atoms with Crippen molar-refractivity contribution >= 4 is 10.4 Å². The quantitative estimate of drug-likeness (QED) is 0.123. The molecular weight excluding hydrogens is 168 g/mol. The van der Waals surface area contributed by atoms with Gasteiger partial charge in [-0.1, -0.05) is 0 Å². The maximum Gasteiger partial charge on any atom is 0.394 e. The van der Waals surface area contributed by atoms with E-state index in [2.05, 4.69) is 23.4 Å². The lowest BCUT2D eigenvalue weighted by molar-refractivity contribution is 0.381. The van der Waals surface area contributed by atoms with Crippen molar-refractivity contribution in [1.82, 2.24) is 0 Å². The summed E-state index contributed by atoms with van der Waals surface area (Å²) in [5.74, 6) is 16.0. The van der Waals surface area contributed by atoms with Gasteiger partial charge in [0, 0.05) is 0 Å². The van der Waals surface area contributed by atoms with Crippen LogP contribution in [0, 0.1) is 0 Å². The third-order valence-electron chi connectivity index (χ3n) is 0. The molecular formula is H12N4O5S.